The van der Waals surface area contributed by atoms with Crippen LogP contribution in [-0.2, 0) is 10.0 Å². The number of nitrogen functional groups attached to an aromatic ring is 1. The number of nitrogens with two attached hydrogens (primary N) is 2. The van der Waals surface area contributed by atoms with Gasteiger partial charge in [-0.05, 0) is 43.7 Å². The highest BCUT2D eigenvalue weighted by molar-refractivity contribution is 7.89. The molecule has 5 nitrogen and oxygen atoms in total. The third-order valence-electron chi connectivity index (χ3n) is 3.37. The summed E-state index contributed by atoms with van der Waals surface area (Å²) in [6.45, 7) is 3.99. The summed E-state index contributed by atoms with van der Waals surface area (Å²) in [5, 5.41) is 5.29. The van der Waals surface area contributed by atoms with Gasteiger partial charge >= 0.3 is 0 Å². The third-order valence-corrected chi connectivity index (χ3v) is 4.31. The van der Waals surface area contributed by atoms with Crippen LogP contribution in [0.15, 0.2) is 41.3 Å². The van der Waals surface area contributed by atoms with Gasteiger partial charge in [0, 0.05) is 18.4 Å². The van der Waals surface area contributed by atoms with Crippen LogP contribution in [0.5, 0.6) is 0 Å². The van der Waals surface area contributed by atoms with Gasteiger partial charge in [-0.15, -0.1) is 0 Å². The molecule has 0 aliphatic rings. The predicted octanol–water partition coefficient (Wildman–Crippen LogP) is 2.30. The minimum atomic E-state index is -3.85. The van der Waals surface area contributed by atoms with E-state index >= 15 is 0 Å². The van der Waals surface area contributed by atoms with Crippen molar-refractivity contribution in [3.8, 4) is 0 Å². The van der Waals surface area contributed by atoms with Gasteiger partial charge in [-0.3, -0.25) is 0 Å². The number of benzene rings is 2. The first-order valence-corrected chi connectivity index (χ1v) is 7.98. The molecule has 0 amide bonds. The minimum absolute atomic E-state index is 0.0185. The zero-order valence-corrected chi connectivity index (χ0v) is 13.1. The van der Waals surface area contributed by atoms with Gasteiger partial charge in [0.15, 0.2) is 0 Å². The van der Waals surface area contributed by atoms with Crippen LogP contribution in [0.1, 0.15) is 11.1 Å². The second kappa shape index (κ2) is 5.38. The van der Waals surface area contributed by atoms with Crippen LogP contribution >= 0.6 is 0 Å². The van der Waals surface area contributed by atoms with E-state index in [1.54, 1.807) is 24.1 Å². The van der Waals surface area contributed by atoms with Gasteiger partial charge in [0.05, 0.1) is 5.69 Å². The van der Waals surface area contributed by atoms with Crippen LogP contribution in [0.2, 0.25) is 0 Å². The van der Waals surface area contributed by atoms with E-state index in [2.05, 4.69) is 0 Å². The number of primary sulfonamides is 1. The molecule has 0 atom stereocenters. The van der Waals surface area contributed by atoms with Crippen LogP contribution in [-0.4, -0.2) is 15.5 Å². The van der Waals surface area contributed by atoms with Crippen LogP contribution in [0.3, 0.4) is 0 Å². The number of anilines is 3. The van der Waals surface area contributed by atoms with Crippen molar-refractivity contribution in [2.24, 2.45) is 5.14 Å². The fraction of sp³-hybridized carbons (Fsp3) is 0.200. The van der Waals surface area contributed by atoms with Crippen LogP contribution < -0.4 is 15.8 Å². The Kier molecular flexibility index (Phi) is 3.93. The fourth-order valence-electron chi connectivity index (χ4n) is 2.35. The number of aryl methyl sites for hydroxylation is 2. The molecule has 0 aliphatic carbocycles. The molecule has 0 saturated carbocycles. The molecule has 0 radical (unpaired) electrons. The molecule has 0 aliphatic heterocycles. The Bertz CT molecular complexity index is 786. The lowest BCUT2D eigenvalue weighted by Gasteiger charge is -2.24. The lowest BCUT2D eigenvalue weighted by molar-refractivity contribution is 0.598. The number of hydrogen-bond donors (Lipinski definition) is 2. The summed E-state index contributed by atoms with van der Waals surface area (Å²) in [6.07, 6.45) is 0. The van der Waals surface area contributed by atoms with Crippen LogP contribution in [0.4, 0.5) is 17.1 Å². The van der Waals surface area contributed by atoms with Gasteiger partial charge in [-0.2, -0.15) is 0 Å². The molecular formula is C15H19N3O2S. The molecule has 0 bridgehead atoms. The largest absolute Gasteiger partial charge is 0.399 e. The van der Waals surface area contributed by atoms with Crippen molar-refractivity contribution in [3.05, 3.63) is 47.5 Å². The molecule has 112 valence electrons. The van der Waals surface area contributed by atoms with Crippen molar-refractivity contribution >= 4 is 27.1 Å². The van der Waals surface area contributed by atoms with E-state index < -0.39 is 10.0 Å². The van der Waals surface area contributed by atoms with Crippen molar-refractivity contribution in [3.63, 3.8) is 0 Å². The number of hydrogen-bond acceptors (Lipinski definition) is 4. The second-order valence-electron chi connectivity index (χ2n) is 5.12. The average Bonchev–Trinajstić information content (AvgIpc) is 2.37. The molecule has 4 N–H and O–H groups in total. The third kappa shape index (κ3) is 3.17. The molecule has 0 aromatic heterocycles. The van der Waals surface area contributed by atoms with Crippen molar-refractivity contribution in [1.82, 2.24) is 0 Å². The van der Waals surface area contributed by atoms with Gasteiger partial charge in [0.1, 0.15) is 4.90 Å². The molecule has 0 saturated heterocycles. The molecule has 6 heteroatoms. The second-order valence-corrected chi connectivity index (χ2v) is 6.65. The summed E-state index contributed by atoms with van der Waals surface area (Å²) in [7, 11) is -2.05. The summed E-state index contributed by atoms with van der Waals surface area (Å²) < 4.78 is 23.6. The highest BCUT2D eigenvalue weighted by atomic mass is 32.2. The zero-order chi connectivity index (χ0) is 15.8. The van der Waals surface area contributed by atoms with Crippen LogP contribution in [0.25, 0.3) is 0 Å². The average molecular weight is 305 g/mol. The maximum absolute atomic E-state index is 11.8. The summed E-state index contributed by atoms with van der Waals surface area (Å²) in [5.41, 5.74) is 9.64. The summed E-state index contributed by atoms with van der Waals surface area (Å²) in [5.74, 6) is 0. The van der Waals surface area contributed by atoms with E-state index in [1.807, 2.05) is 32.0 Å². The van der Waals surface area contributed by atoms with Crippen molar-refractivity contribution in [1.29, 1.82) is 0 Å². The monoisotopic (exact) mass is 305 g/mol. The first-order chi connectivity index (χ1) is 9.70. The van der Waals surface area contributed by atoms with E-state index in [0.717, 1.165) is 16.8 Å². The van der Waals surface area contributed by atoms with E-state index in [1.165, 1.54) is 6.07 Å². The molecule has 0 unspecified atom stereocenters. The summed E-state index contributed by atoms with van der Waals surface area (Å²) in [4.78, 5) is 1.82. The lowest BCUT2D eigenvalue weighted by atomic mass is 10.1. The quantitative estimate of drug-likeness (QED) is 0.851. The highest BCUT2D eigenvalue weighted by Crippen LogP contribution is 2.32. The molecule has 2 rings (SSSR count). The van der Waals surface area contributed by atoms with Gasteiger partial charge in [-0.1, -0.05) is 17.7 Å². The molecule has 2 aromatic carbocycles. The van der Waals surface area contributed by atoms with Crippen molar-refractivity contribution < 1.29 is 8.42 Å². The Morgan fingerprint density at radius 2 is 1.62 bits per heavy atom. The Morgan fingerprint density at radius 3 is 2.19 bits per heavy atom. The van der Waals surface area contributed by atoms with E-state index in [-0.39, 0.29) is 4.90 Å². The fourth-order valence-corrected chi connectivity index (χ4v) is 3.14. The summed E-state index contributed by atoms with van der Waals surface area (Å²) in [6, 6.07) is 10.7. The Labute approximate surface area is 125 Å². The molecule has 0 spiro atoms. The van der Waals surface area contributed by atoms with Crippen molar-refractivity contribution in [2.45, 2.75) is 18.7 Å². The van der Waals surface area contributed by atoms with E-state index in [4.69, 9.17) is 10.9 Å². The maximum atomic E-state index is 11.8. The SMILES string of the molecule is Cc1ccc(N(C)c2ccc(N)cc2S(N)(=O)=O)c(C)c1. The number of sulfonamides is 1. The standard InChI is InChI=1S/C15H19N3O2S/c1-10-4-6-13(11(2)8-10)18(3)14-7-5-12(16)9-15(14)21(17,19)20/h4-9H,16H2,1-3H3,(H2,17,19,20). The molecule has 0 fully saturated rings. The first kappa shape index (κ1) is 15.3. The minimum Gasteiger partial charge on any atom is -0.399 e. The van der Waals surface area contributed by atoms with Gasteiger partial charge in [0.2, 0.25) is 10.0 Å². The Morgan fingerprint density at radius 1 is 1.00 bits per heavy atom. The lowest BCUT2D eigenvalue weighted by Crippen LogP contribution is -2.19. The van der Waals surface area contributed by atoms with Gasteiger partial charge in [-0.25, -0.2) is 13.6 Å². The van der Waals surface area contributed by atoms with E-state index in [0.29, 0.717) is 11.4 Å². The summed E-state index contributed by atoms with van der Waals surface area (Å²) >= 11 is 0. The number of rotatable bonds is 3. The molecule has 2 aromatic rings. The zero-order valence-electron chi connectivity index (χ0n) is 12.3. The smallest absolute Gasteiger partial charge is 0.240 e. The number of nitrogens with zero attached hydrogens (tertiary/aromatic N) is 1. The Balaban J connectivity index is 2.61. The molecule has 0 heterocycles. The highest BCUT2D eigenvalue weighted by Gasteiger charge is 2.19. The first-order valence-electron chi connectivity index (χ1n) is 6.43. The van der Waals surface area contributed by atoms with Gasteiger partial charge in [0.25, 0.3) is 0 Å². The van der Waals surface area contributed by atoms with E-state index in [9.17, 15) is 8.42 Å². The molecular weight excluding hydrogens is 286 g/mol. The molecule has 21 heavy (non-hydrogen) atoms. The topological polar surface area (TPSA) is 89.4 Å². The Hall–Kier alpha value is -2.05. The van der Waals surface area contributed by atoms with Crippen molar-refractivity contribution in [2.75, 3.05) is 17.7 Å². The maximum Gasteiger partial charge on any atom is 0.240 e. The van der Waals surface area contributed by atoms with Crippen LogP contribution in [0, 0.1) is 13.8 Å². The van der Waals surface area contributed by atoms with Gasteiger partial charge < -0.3 is 10.6 Å². The normalized spacial score (nSPS) is 11.4. The predicted molar refractivity (Wildman–Crippen MR) is 86.2 cm³/mol.